The molecular formula is C4H15O2Sn. The van der Waals surface area contributed by atoms with Crippen LogP contribution in [0.1, 0.15) is 21.2 Å². The van der Waals surface area contributed by atoms with Crippen LogP contribution in [0.3, 0.4) is 0 Å². The predicted octanol–water partition coefficient (Wildman–Crippen LogP) is -0.164. The van der Waals surface area contributed by atoms with Gasteiger partial charge in [-0.05, 0) is 0 Å². The molecule has 0 bridgehead atoms. The Morgan fingerprint density at radius 3 is 1.57 bits per heavy atom. The maximum atomic E-state index is 3.60. The fourth-order valence-electron chi connectivity index (χ4n) is 0. The molecule has 0 aromatic carbocycles. The molecule has 0 unspecified atom stereocenters. The molecule has 0 fully saturated rings. The van der Waals surface area contributed by atoms with E-state index in [2.05, 4.69) is 13.8 Å². The van der Waals surface area contributed by atoms with E-state index >= 15 is 0 Å². The minimum atomic E-state index is 0. The first-order valence-electron chi connectivity index (χ1n) is 1.71. The number of rotatable bonds is 1. The smallest absolute Gasteiger partial charge is 0 e. The average molecular weight is 214 g/mol. The van der Waals surface area contributed by atoms with Crippen LogP contribution in [-0.2, 0) is 0 Å². The predicted molar refractivity (Wildman–Crippen MR) is 35.4 cm³/mol. The molecule has 0 rings (SSSR count). The van der Waals surface area contributed by atoms with Crippen molar-refractivity contribution in [2.45, 2.75) is 19.8 Å². The molecule has 0 aliphatic rings. The second-order valence-corrected chi connectivity index (χ2v) is 0.854. The van der Waals surface area contributed by atoms with Gasteiger partial charge >= 0.3 is 0 Å². The van der Waals surface area contributed by atoms with Crippen molar-refractivity contribution >= 4 is 23.9 Å². The quantitative estimate of drug-likeness (QED) is 0.544. The molecule has 47 valence electrons. The largest absolute Gasteiger partial charge is 0.412 e. The van der Waals surface area contributed by atoms with Gasteiger partial charge in [-0.2, -0.15) is 0 Å². The first-order chi connectivity index (χ1) is 1.91. The molecule has 7 heavy (non-hydrogen) atoms. The summed E-state index contributed by atoms with van der Waals surface area (Å²) >= 11 is 0. The first kappa shape index (κ1) is 25.2. The Morgan fingerprint density at radius 1 is 1.43 bits per heavy atom. The van der Waals surface area contributed by atoms with Crippen LogP contribution in [0.2, 0.25) is 0 Å². The zero-order valence-corrected chi connectivity index (χ0v) is 7.48. The van der Waals surface area contributed by atoms with Crippen molar-refractivity contribution in [1.29, 1.82) is 0 Å². The van der Waals surface area contributed by atoms with Gasteiger partial charge in [0.05, 0.1) is 0 Å². The Kier molecular flexibility index (Phi) is 107. The summed E-state index contributed by atoms with van der Waals surface area (Å²) in [5.74, 6) is 0. The number of hydrogen-bond acceptors (Lipinski definition) is 0. The van der Waals surface area contributed by atoms with Gasteiger partial charge in [-0.25, -0.2) is 0 Å². The van der Waals surface area contributed by atoms with Crippen LogP contribution in [-0.4, -0.2) is 34.9 Å². The molecule has 2 nitrogen and oxygen atoms in total. The van der Waals surface area contributed by atoms with Crippen LogP contribution in [0.15, 0.2) is 0 Å². The molecule has 0 aromatic rings. The van der Waals surface area contributed by atoms with E-state index in [0.29, 0.717) is 0 Å². The molecule has 0 spiro atoms. The minimum Gasteiger partial charge on any atom is -0.412 e. The maximum absolute atomic E-state index is 3.60. The zero-order chi connectivity index (χ0) is 3.41. The van der Waals surface area contributed by atoms with E-state index in [9.17, 15) is 0 Å². The van der Waals surface area contributed by atoms with Gasteiger partial charge in [0, 0.05) is 25.3 Å². The summed E-state index contributed by atoms with van der Waals surface area (Å²) in [6.45, 7) is 5.72. The second-order valence-electron chi connectivity index (χ2n) is 0.854. The fourth-order valence-corrected chi connectivity index (χ4v) is 0. The van der Waals surface area contributed by atoms with Crippen molar-refractivity contribution in [3.05, 3.63) is 6.92 Å². The van der Waals surface area contributed by atoms with Gasteiger partial charge in [-0.3, -0.25) is 0 Å². The molecular weight excluding hydrogens is 199 g/mol. The van der Waals surface area contributed by atoms with E-state index in [1.807, 2.05) is 0 Å². The molecule has 0 amide bonds. The monoisotopic (exact) mass is 215 g/mol. The van der Waals surface area contributed by atoms with Crippen molar-refractivity contribution in [1.82, 2.24) is 0 Å². The van der Waals surface area contributed by atoms with Crippen LogP contribution >= 0.6 is 0 Å². The van der Waals surface area contributed by atoms with Crippen LogP contribution < -0.4 is 0 Å². The van der Waals surface area contributed by atoms with E-state index in [4.69, 9.17) is 0 Å². The second kappa shape index (κ2) is 29.7. The van der Waals surface area contributed by atoms with E-state index in [1.54, 1.807) is 0 Å². The molecule has 0 saturated heterocycles. The third-order valence-electron chi connectivity index (χ3n) is 0.354. The van der Waals surface area contributed by atoms with Crippen molar-refractivity contribution in [2.75, 3.05) is 0 Å². The van der Waals surface area contributed by atoms with Gasteiger partial charge in [0.1, 0.15) is 0 Å². The Balaban J connectivity index is -0.00000000750. The van der Waals surface area contributed by atoms with Crippen molar-refractivity contribution in [3.8, 4) is 0 Å². The molecule has 5 radical (unpaired) electrons. The molecule has 0 aromatic heterocycles. The normalized spacial score (nSPS) is 4.29. The number of hydrogen-bond donors (Lipinski definition) is 0. The van der Waals surface area contributed by atoms with Gasteiger partial charge in [-0.15, -0.1) is 0 Å². The van der Waals surface area contributed by atoms with E-state index in [1.165, 1.54) is 6.42 Å². The van der Waals surface area contributed by atoms with Gasteiger partial charge in [0.25, 0.3) is 0 Å². The van der Waals surface area contributed by atoms with Crippen LogP contribution in [0.4, 0.5) is 0 Å². The van der Waals surface area contributed by atoms with Crippen LogP contribution in [0, 0.1) is 6.92 Å². The van der Waals surface area contributed by atoms with Crippen LogP contribution in [0.25, 0.3) is 0 Å². The third kappa shape index (κ3) is 50.6. The Bertz CT molecular complexity index is 16.0. The minimum absolute atomic E-state index is 0. The summed E-state index contributed by atoms with van der Waals surface area (Å²) in [5, 5.41) is 0. The summed E-state index contributed by atoms with van der Waals surface area (Å²) in [4.78, 5) is 0. The van der Waals surface area contributed by atoms with Crippen molar-refractivity contribution < 1.29 is 12.4 Å². The zero-order valence-electron chi connectivity index (χ0n) is 4.62. The van der Waals surface area contributed by atoms with Crippen molar-refractivity contribution in [3.63, 3.8) is 0 Å². The van der Waals surface area contributed by atoms with Crippen molar-refractivity contribution in [2.24, 2.45) is 0 Å². The molecule has 0 aliphatic heterocycles. The van der Waals surface area contributed by atoms with Crippen LogP contribution in [0.5, 0.6) is 0 Å². The SMILES string of the molecule is O.O.[CH2]CCC.[HH].[Sn]. The van der Waals surface area contributed by atoms with E-state index in [0.717, 1.165) is 6.42 Å². The van der Waals surface area contributed by atoms with Gasteiger partial charge < -0.3 is 11.0 Å². The standard InChI is InChI=1S/C4H9.2H2O.Sn.H2/c1-3-4-2;;;;/h1,3-4H2,2H3;2*1H2;;1H. The Morgan fingerprint density at radius 2 is 1.57 bits per heavy atom. The van der Waals surface area contributed by atoms with E-state index < -0.39 is 0 Å². The first-order valence-corrected chi connectivity index (χ1v) is 1.71. The molecule has 0 atom stereocenters. The molecule has 0 heterocycles. The average Bonchev–Trinajstić information content (AvgIpc) is 1.37. The molecule has 3 heteroatoms. The Hall–Kier alpha value is 0.719. The summed E-state index contributed by atoms with van der Waals surface area (Å²) in [7, 11) is 0. The summed E-state index contributed by atoms with van der Waals surface area (Å²) in [6.07, 6.45) is 2.28. The molecule has 4 N–H and O–H groups in total. The third-order valence-corrected chi connectivity index (χ3v) is 0.354. The van der Waals surface area contributed by atoms with Gasteiger partial charge in [0.2, 0.25) is 0 Å². The summed E-state index contributed by atoms with van der Waals surface area (Å²) < 4.78 is 0. The van der Waals surface area contributed by atoms with Gasteiger partial charge in [-0.1, -0.05) is 26.7 Å². The molecule has 0 aliphatic carbocycles. The number of unbranched alkanes of at least 4 members (excludes halogenated alkanes) is 1. The van der Waals surface area contributed by atoms with E-state index in [-0.39, 0.29) is 36.3 Å². The fraction of sp³-hybridized carbons (Fsp3) is 0.750. The topological polar surface area (TPSA) is 63.0 Å². The van der Waals surface area contributed by atoms with Gasteiger partial charge in [0.15, 0.2) is 0 Å². The summed E-state index contributed by atoms with van der Waals surface area (Å²) in [5.41, 5.74) is 0. The Labute approximate surface area is 63.4 Å². The maximum Gasteiger partial charge on any atom is 0 e. The molecule has 0 saturated carbocycles. The summed E-state index contributed by atoms with van der Waals surface area (Å²) in [6, 6.07) is 0.